The normalized spacial score (nSPS) is 19.7. The van der Waals surface area contributed by atoms with E-state index >= 15 is 0 Å². The molecular formula is C27H32N2O5. The second-order valence-electron chi connectivity index (χ2n) is 9.17. The molecule has 2 aliphatic carbocycles. The highest BCUT2D eigenvalue weighted by Gasteiger charge is 2.34. The van der Waals surface area contributed by atoms with E-state index in [-0.39, 0.29) is 36.8 Å². The molecule has 0 heterocycles. The third-order valence-corrected chi connectivity index (χ3v) is 7.23. The maximum Gasteiger partial charge on any atom is 0.407 e. The van der Waals surface area contributed by atoms with Crippen molar-refractivity contribution in [1.29, 1.82) is 0 Å². The minimum atomic E-state index is -1.02. The largest absolute Gasteiger partial charge is 0.480 e. The van der Waals surface area contributed by atoms with E-state index in [0.717, 1.165) is 30.4 Å². The first-order chi connectivity index (χ1) is 16.4. The first-order valence-electron chi connectivity index (χ1n) is 12.0. The molecule has 4 rings (SSSR count). The number of carboxylic acid groups (broad SMARTS) is 1. The molecule has 7 heteroatoms. The number of hydrogen-bond donors (Lipinski definition) is 2. The molecule has 1 fully saturated rings. The molecule has 0 radical (unpaired) electrons. The van der Waals surface area contributed by atoms with E-state index < -0.39 is 18.1 Å². The van der Waals surface area contributed by atoms with Crippen LogP contribution in [0.25, 0.3) is 11.1 Å². The third-order valence-electron chi connectivity index (χ3n) is 7.23. The molecule has 2 amide bonds. The van der Waals surface area contributed by atoms with Crippen molar-refractivity contribution in [2.24, 2.45) is 5.92 Å². The van der Waals surface area contributed by atoms with Gasteiger partial charge in [-0.2, -0.15) is 0 Å². The van der Waals surface area contributed by atoms with Crippen molar-refractivity contribution < 1.29 is 24.2 Å². The summed E-state index contributed by atoms with van der Waals surface area (Å²) in [6.07, 6.45) is 2.26. The van der Waals surface area contributed by atoms with E-state index in [2.05, 4.69) is 29.6 Å². The van der Waals surface area contributed by atoms with Crippen LogP contribution in [0.15, 0.2) is 48.5 Å². The molecule has 3 atom stereocenters. The lowest BCUT2D eigenvalue weighted by atomic mass is 9.98. The predicted octanol–water partition coefficient (Wildman–Crippen LogP) is 4.41. The number of amides is 2. The summed E-state index contributed by atoms with van der Waals surface area (Å²) in [6, 6.07) is 15.4. The standard InChI is InChI=1S/C27H32N2O5/c1-3-29(17(2)26(31)32)25(30)15-18-9-8-14-24(18)28-27(33)34-16-23-21-12-6-4-10-19(21)20-11-5-7-13-22(20)23/h4-7,10-13,17-18,23-24H,3,8-9,14-16H2,1-2H3,(H,28,33)(H,31,32)/t17?,18-,24+/m0/s1. The Morgan fingerprint density at radius 2 is 1.68 bits per heavy atom. The van der Waals surface area contributed by atoms with Gasteiger partial charge in [0.2, 0.25) is 5.91 Å². The van der Waals surface area contributed by atoms with Gasteiger partial charge < -0.3 is 20.1 Å². The topological polar surface area (TPSA) is 95.9 Å². The number of aliphatic carboxylic acids is 1. The molecule has 34 heavy (non-hydrogen) atoms. The van der Waals surface area contributed by atoms with Crippen LogP contribution in [0.5, 0.6) is 0 Å². The summed E-state index contributed by atoms with van der Waals surface area (Å²) in [5.74, 6) is -1.24. The fourth-order valence-electron chi connectivity index (χ4n) is 5.40. The first-order valence-corrected chi connectivity index (χ1v) is 12.0. The van der Waals surface area contributed by atoms with Crippen LogP contribution in [0.4, 0.5) is 4.79 Å². The summed E-state index contributed by atoms with van der Waals surface area (Å²) in [7, 11) is 0. The predicted molar refractivity (Wildman–Crippen MR) is 128 cm³/mol. The summed E-state index contributed by atoms with van der Waals surface area (Å²) in [5, 5.41) is 12.2. The van der Waals surface area contributed by atoms with E-state index in [1.165, 1.54) is 23.0 Å². The van der Waals surface area contributed by atoms with Crippen LogP contribution in [-0.4, -0.2) is 53.2 Å². The Kier molecular flexibility index (Phi) is 7.20. The number of likely N-dealkylation sites (N-methyl/N-ethyl adjacent to an activating group) is 1. The van der Waals surface area contributed by atoms with Crippen LogP contribution >= 0.6 is 0 Å². The average molecular weight is 465 g/mol. The Morgan fingerprint density at radius 3 is 2.26 bits per heavy atom. The number of hydrogen-bond acceptors (Lipinski definition) is 4. The van der Waals surface area contributed by atoms with Crippen molar-refractivity contribution in [3.05, 3.63) is 59.7 Å². The van der Waals surface area contributed by atoms with Gasteiger partial charge in [0.1, 0.15) is 12.6 Å². The Labute approximate surface area is 200 Å². The van der Waals surface area contributed by atoms with Crippen LogP contribution < -0.4 is 5.32 Å². The second kappa shape index (κ2) is 10.3. The van der Waals surface area contributed by atoms with Crippen molar-refractivity contribution in [3.8, 4) is 11.1 Å². The molecule has 1 unspecified atom stereocenters. The number of carbonyl (C=O) groups is 3. The molecule has 0 aliphatic heterocycles. The zero-order valence-corrected chi connectivity index (χ0v) is 19.7. The minimum Gasteiger partial charge on any atom is -0.480 e. The lowest BCUT2D eigenvalue weighted by Crippen LogP contribution is -2.45. The smallest absolute Gasteiger partial charge is 0.407 e. The number of nitrogens with one attached hydrogen (secondary N) is 1. The average Bonchev–Trinajstić information content (AvgIpc) is 3.39. The minimum absolute atomic E-state index is 0.00489. The highest BCUT2D eigenvalue weighted by molar-refractivity contribution is 5.83. The number of carboxylic acids is 1. The fourth-order valence-corrected chi connectivity index (χ4v) is 5.40. The van der Waals surface area contributed by atoms with Gasteiger partial charge in [-0.1, -0.05) is 55.0 Å². The van der Waals surface area contributed by atoms with Crippen LogP contribution in [-0.2, 0) is 14.3 Å². The number of carbonyl (C=O) groups excluding carboxylic acids is 2. The molecule has 2 aliphatic rings. The Morgan fingerprint density at radius 1 is 1.06 bits per heavy atom. The maximum atomic E-state index is 12.8. The number of alkyl carbamates (subject to hydrolysis) is 1. The van der Waals surface area contributed by atoms with Crippen LogP contribution in [0.1, 0.15) is 56.6 Å². The quantitative estimate of drug-likeness (QED) is 0.604. The number of benzene rings is 2. The lowest BCUT2D eigenvalue weighted by Gasteiger charge is -2.28. The maximum absolute atomic E-state index is 12.8. The number of nitrogens with zero attached hydrogens (tertiary/aromatic N) is 1. The second-order valence-corrected chi connectivity index (χ2v) is 9.17. The monoisotopic (exact) mass is 464 g/mol. The van der Waals surface area contributed by atoms with Crippen LogP contribution in [0.3, 0.4) is 0 Å². The molecule has 2 aromatic carbocycles. The fraction of sp³-hybridized carbons (Fsp3) is 0.444. The summed E-state index contributed by atoms with van der Waals surface area (Å²) in [6.45, 7) is 3.88. The van der Waals surface area contributed by atoms with Crippen molar-refractivity contribution in [1.82, 2.24) is 10.2 Å². The molecule has 2 aromatic rings. The molecule has 0 spiro atoms. The van der Waals surface area contributed by atoms with Crippen molar-refractivity contribution >= 4 is 18.0 Å². The molecule has 2 N–H and O–H groups in total. The van der Waals surface area contributed by atoms with E-state index in [4.69, 9.17) is 4.74 Å². The van der Waals surface area contributed by atoms with Crippen LogP contribution in [0, 0.1) is 5.92 Å². The summed E-state index contributed by atoms with van der Waals surface area (Å²) in [5.41, 5.74) is 4.68. The Bertz CT molecular complexity index is 1020. The Balaban J connectivity index is 1.35. The van der Waals surface area contributed by atoms with Crippen molar-refractivity contribution in [3.63, 3.8) is 0 Å². The highest BCUT2D eigenvalue weighted by Crippen LogP contribution is 2.44. The van der Waals surface area contributed by atoms with E-state index in [0.29, 0.717) is 6.54 Å². The van der Waals surface area contributed by atoms with Crippen LogP contribution in [0.2, 0.25) is 0 Å². The first kappa shape index (κ1) is 23.8. The van der Waals surface area contributed by atoms with Gasteiger partial charge in [0, 0.05) is 24.9 Å². The molecule has 180 valence electrons. The zero-order chi connectivity index (χ0) is 24.2. The number of rotatable bonds is 8. The third kappa shape index (κ3) is 4.79. The summed E-state index contributed by atoms with van der Waals surface area (Å²) in [4.78, 5) is 38.2. The molecule has 0 bridgehead atoms. The van der Waals surface area contributed by atoms with E-state index in [9.17, 15) is 19.5 Å². The Hall–Kier alpha value is -3.35. The van der Waals surface area contributed by atoms with Gasteiger partial charge in [-0.15, -0.1) is 0 Å². The zero-order valence-electron chi connectivity index (χ0n) is 19.7. The van der Waals surface area contributed by atoms with Gasteiger partial charge in [-0.05, 0) is 54.9 Å². The molecule has 0 aromatic heterocycles. The van der Waals surface area contributed by atoms with E-state index in [1.807, 2.05) is 24.3 Å². The number of ether oxygens (including phenoxy) is 1. The van der Waals surface area contributed by atoms with Crippen molar-refractivity contribution in [2.45, 2.75) is 57.5 Å². The SMILES string of the molecule is CCN(C(=O)C[C@@H]1CCC[C@H]1NC(=O)OCC1c2ccccc2-c2ccccc21)C(C)C(=O)O. The summed E-state index contributed by atoms with van der Waals surface area (Å²) < 4.78 is 5.67. The molecular weight excluding hydrogens is 432 g/mol. The van der Waals surface area contributed by atoms with Gasteiger partial charge in [0.05, 0.1) is 0 Å². The van der Waals surface area contributed by atoms with Gasteiger partial charge in [0.25, 0.3) is 0 Å². The van der Waals surface area contributed by atoms with E-state index in [1.54, 1.807) is 6.92 Å². The highest BCUT2D eigenvalue weighted by atomic mass is 16.5. The lowest BCUT2D eigenvalue weighted by molar-refractivity contribution is -0.149. The molecule has 0 saturated heterocycles. The summed E-state index contributed by atoms with van der Waals surface area (Å²) >= 11 is 0. The van der Waals surface area contributed by atoms with Crippen molar-refractivity contribution in [2.75, 3.05) is 13.2 Å². The van der Waals surface area contributed by atoms with Gasteiger partial charge in [0.15, 0.2) is 0 Å². The number of fused-ring (bicyclic) bond motifs is 3. The van der Waals surface area contributed by atoms with Gasteiger partial charge in [-0.25, -0.2) is 9.59 Å². The van der Waals surface area contributed by atoms with Gasteiger partial charge in [-0.3, -0.25) is 4.79 Å². The molecule has 7 nitrogen and oxygen atoms in total. The van der Waals surface area contributed by atoms with Gasteiger partial charge >= 0.3 is 12.1 Å². The molecule has 1 saturated carbocycles.